The van der Waals surface area contributed by atoms with Crippen molar-refractivity contribution in [2.75, 3.05) is 26.7 Å². The first-order chi connectivity index (χ1) is 7.76. The third-order valence-electron chi connectivity index (χ3n) is 3.37. The van der Waals surface area contributed by atoms with Crippen LogP contribution in [0.25, 0.3) is 0 Å². The van der Waals surface area contributed by atoms with Crippen LogP contribution in [0.4, 0.5) is 0 Å². The number of rotatable bonds is 5. The molecule has 1 aromatic carbocycles. The summed E-state index contributed by atoms with van der Waals surface area (Å²) in [5.74, 6) is 0. The lowest BCUT2D eigenvalue weighted by molar-refractivity contribution is -0.936. The highest BCUT2D eigenvalue weighted by molar-refractivity contribution is 5.13. The Balaban J connectivity index is -0.000000534. The molecule has 4 heteroatoms. The number of quaternary nitrogens is 2. The Hall–Kier alpha value is -0.280. The summed E-state index contributed by atoms with van der Waals surface area (Å²) in [4.78, 5) is 0. The molecule has 1 aromatic rings. The van der Waals surface area contributed by atoms with Gasteiger partial charge in [-0.3, -0.25) is 0 Å². The van der Waals surface area contributed by atoms with Crippen LogP contribution in [-0.2, 0) is 6.54 Å². The van der Waals surface area contributed by atoms with Gasteiger partial charge in [0.25, 0.3) is 0 Å². The van der Waals surface area contributed by atoms with Crippen LogP contribution in [0.1, 0.15) is 26.3 Å². The van der Waals surface area contributed by atoms with Gasteiger partial charge in [-0.25, -0.2) is 0 Å². The Labute approximate surface area is 125 Å². The summed E-state index contributed by atoms with van der Waals surface area (Å²) >= 11 is 0. The molecule has 0 heterocycles. The SMILES string of the molecule is CC[N+](CC)(CC)Cc1ccccc1.C[NH3+].[Cl-].[Cl-]. The number of hydrogen-bond acceptors (Lipinski definition) is 0. The van der Waals surface area contributed by atoms with E-state index >= 15 is 0 Å². The number of hydrogen-bond donors (Lipinski definition) is 1. The molecular weight excluding hydrogens is 267 g/mol. The summed E-state index contributed by atoms with van der Waals surface area (Å²) in [5.41, 5.74) is 4.71. The summed E-state index contributed by atoms with van der Waals surface area (Å²) in [6.45, 7) is 11.7. The molecule has 0 amide bonds. The zero-order valence-corrected chi connectivity index (χ0v) is 13.6. The Morgan fingerprint density at radius 3 is 1.56 bits per heavy atom. The van der Waals surface area contributed by atoms with E-state index in [0.29, 0.717) is 0 Å². The van der Waals surface area contributed by atoms with Gasteiger partial charge >= 0.3 is 0 Å². The number of benzene rings is 1. The normalized spacial score (nSPS) is 9.39. The van der Waals surface area contributed by atoms with Crippen molar-refractivity contribution in [1.29, 1.82) is 0 Å². The second-order valence-electron chi connectivity index (χ2n) is 3.93. The maximum Gasteiger partial charge on any atom is 0.104 e. The quantitative estimate of drug-likeness (QED) is 0.535. The summed E-state index contributed by atoms with van der Waals surface area (Å²) in [5, 5.41) is 0. The van der Waals surface area contributed by atoms with E-state index < -0.39 is 0 Å². The van der Waals surface area contributed by atoms with Crippen LogP contribution in [0.5, 0.6) is 0 Å². The second kappa shape index (κ2) is 13.2. The van der Waals surface area contributed by atoms with Crippen molar-refractivity contribution in [3.05, 3.63) is 35.9 Å². The molecule has 0 bridgehead atoms. The van der Waals surface area contributed by atoms with Crippen molar-refractivity contribution < 1.29 is 35.0 Å². The van der Waals surface area contributed by atoms with Crippen molar-refractivity contribution in [2.24, 2.45) is 0 Å². The van der Waals surface area contributed by atoms with E-state index in [-0.39, 0.29) is 24.8 Å². The first kappa shape index (κ1) is 22.9. The maximum atomic E-state index is 3.25. The molecule has 0 unspecified atom stereocenters. The predicted molar refractivity (Wildman–Crippen MR) is 70.8 cm³/mol. The third-order valence-corrected chi connectivity index (χ3v) is 3.37. The Morgan fingerprint density at radius 2 is 1.22 bits per heavy atom. The van der Waals surface area contributed by atoms with E-state index in [0.717, 1.165) is 0 Å². The summed E-state index contributed by atoms with van der Waals surface area (Å²) in [6, 6.07) is 10.8. The molecule has 18 heavy (non-hydrogen) atoms. The minimum absolute atomic E-state index is 0. The molecule has 2 nitrogen and oxygen atoms in total. The van der Waals surface area contributed by atoms with Crippen LogP contribution < -0.4 is 30.5 Å². The van der Waals surface area contributed by atoms with Gasteiger partial charge in [-0.05, 0) is 20.8 Å². The minimum atomic E-state index is 0. The van der Waals surface area contributed by atoms with Crippen LogP contribution >= 0.6 is 0 Å². The molecule has 0 atom stereocenters. The lowest BCUT2D eigenvalue weighted by Gasteiger charge is -2.35. The first-order valence-corrected chi connectivity index (χ1v) is 6.36. The molecular formula is C14H28Cl2N2. The van der Waals surface area contributed by atoms with Gasteiger partial charge in [0.1, 0.15) is 6.54 Å². The first-order valence-electron chi connectivity index (χ1n) is 6.36. The van der Waals surface area contributed by atoms with Crippen LogP contribution in [0.3, 0.4) is 0 Å². The lowest BCUT2D eigenvalue weighted by atomic mass is 10.2. The van der Waals surface area contributed by atoms with Crippen molar-refractivity contribution in [3.63, 3.8) is 0 Å². The maximum absolute atomic E-state index is 3.25. The standard InChI is InChI=1S/C13H22N.CH5N.2ClH/c1-4-14(5-2,6-3)12-13-10-8-7-9-11-13;1-2;;/h7-11H,4-6,12H2,1-3H3;2H2,1H3;2*1H/q+1;;;/p-1. The fourth-order valence-corrected chi connectivity index (χ4v) is 1.98. The van der Waals surface area contributed by atoms with Gasteiger partial charge < -0.3 is 35.0 Å². The molecule has 0 aliphatic carbocycles. The van der Waals surface area contributed by atoms with Crippen LogP contribution in [0.15, 0.2) is 30.3 Å². The molecule has 0 aliphatic heterocycles. The van der Waals surface area contributed by atoms with E-state index in [1.807, 2.05) is 0 Å². The van der Waals surface area contributed by atoms with E-state index in [1.54, 1.807) is 7.05 Å². The molecule has 1 rings (SSSR count). The predicted octanol–water partition coefficient (Wildman–Crippen LogP) is -4.07. The molecule has 0 saturated heterocycles. The molecule has 108 valence electrons. The van der Waals surface area contributed by atoms with E-state index in [4.69, 9.17) is 0 Å². The highest BCUT2D eigenvalue weighted by Gasteiger charge is 2.20. The fourth-order valence-electron chi connectivity index (χ4n) is 1.98. The average molecular weight is 295 g/mol. The molecule has 0 aliphatic rings. The van der Waals surface area contributed by atoms with Crippen molar-refractivity contribution in [3.8, 4) is 0 Å². The fraction of sp³-hybridized carbons (Fsp3) is 0.571. The second-order valence-corrected chi connectivity index (χ2v) is 3.93. The van der Waals surface area contributed by atoms with Gasteiger partial charge in [-0.2, -0.15) is 0 Å². The highest BCUT2D eigenvalue weighted by Crippen LogP contribution is 2.13. The van der Waals surface area contributed by atoms with E-state index in [2.05, 4.69) is 56.8 Å². The van der Waals surface area contributed by atoms with Gasteiger partial charge in [0.05, 0.1) is 26.7 Å². The highest BCUT2D eigenvalue weighted by atomic mass is 35.5. The lowest BCUT2D eigenvalue weighted by Crippen LogP contribution is -3.00. The van der Waals surface area contributed by atoms with Gasteiger partial charge in [0.2, 0.25) is 0 Å². The van der Waals surface area contributed by atoms with E-state index in [9.17, 15) is 0 Å². The molecule has 0 spiro atoms. The van der Waals surface area contributed by atoms with Crippen LogP contribution in [0, 0.1) is 0 Å². The summed E-state index contributed by atoms with van der Waals surface area (Å²) in [7, 11) is 1.75. The zero-order valence-electron chi connectivity index (χ0n) is 12.1. The van der Waals surface area contributed by atoms with Gasteiger partial charge in [0.15, 0.2) is 0 Å². The van der Waals surface area contributed by atoms with Gasteiger partial charge in [-0.15, -0.1) is 0 Å². The topological polar surface area (TPSA) is 27.6 Å². The van der Waals surface area contributed by atoms with Crippen molar-refractivity contribution >= 4 is 0 Å². The smallest absolute Gasteiger partial charge is 0.104 e. The Morgan fingerprint density at radius 1 is 0.833 bits per heavy atom. The number of halogens is 2. The monoisotopic (exact) mass is 294 g/mol. The average Bonchev–Trinajstić information content (AvgIpc) is 2.40. The minimum Gasteiger partial charge on any atom is -1.00 e. The molecule has 0 radical (unpaired) electrons. The van der Waals surface area contributed by atoms with Gasteiger partial charge in [-0.1, -0.05) is 30.3 Å². The summed E-state index contributed by atoms with van der Waals surface area (Å²) < 4.78 is 1.20. The Kier molecular flexibility index (Phi) is 16.7. The van der Waals surface area contributed by atoms with Crippen LogP contribution in [0.2, 0.25) is 0 Å². The Bertz CT molecular complexity index is 253. The molecule has 3 N–H and O–H groups in total. The largest absolute Gasteiger partial charge is 1.00 e. The van der Waals surface area contributed by atoms with Crippen molar-refractivity contribution in [1.82, 2.24) is 0 Å². The van der Waals surface area contributed by atoms with E-state index in [1.165, 1.54) is 36.2 Å². The van der Waals surface area contributed by atoms with Crippen LogP contribution in [-0.4, -0.2) is 31.2 Å². The molecule has 0 saturated carbocycles. The third kappa shape index (κ3) is 7.22. The molecule has 0 fully saturated rings. The molecule has 0 aromatic heterocycles. The number of nitrogens with zero attached hydrogens (tertiary/aromatic N) is 1. The van der Waals surface area contributed by atoms with Gasteiger partial charge in [0, 0.05) is 5.56 Å². The summed E-state index contributed by atoms with van der Waals surface area (Å²) in [6.07, 6.45) is 0. The van der Waals surface area contributed by atoms with Crippen molar-refractivity contribution in [2.45, 2.75) is 27.3 Å². The zero-order chi connectivity index (χ0) is 12.4.